The molecule has 15 heavy (non-hydrogen) atoms. The molecule has 0 aliphatic rings. The molecule has 0 aliphatic carbocycles. The molecule has 0 aromatic carbocycles. The number of rotatable bonds is 3. The normalized spacial score (nSPS) is 9.93. The van der Waals surface area contributed by atoms with Crippen molar-refractivity contribution in [2.75, 3.05) is 5.32 Å². The summed E-state index contributed by atoms with van der Waals surface area (Å²) in [5.41, 5.74) is 0.940. The van der Waals surface area contributed by atoms with Gasteiger partial charge < -0.3 is 5.32 Å². The number of hydrogen-bond donors (Lipinski definition) is 1. The van der Waals surface area contributed by atoms with Crippen LogP contribution in [0.5, 0.6) is 0 Å². The molecule has 0 bridgehead atoms. The van der Waals surface area contributed by atoms with E-state index in [1.54, 1.807) is 12.4 Å². The molecular weight excluding hydrogens is 256 g/mol. The second-order valence-corrected chi connectivity index (χ2v) is 3.83. The van der Waals surface area contributed by atoms with Gasteiger partial charge in [-0.1, -0.05) is 0 Å². The summed E-state index contributed by atoms with van der Waals surface area (Å²) < 4.78 is 0.968. The summed E-state index contributed by atoms with van der Waals surface area (Å²) in [5.74, 6) is 0.830. The highest BCUT2D eigenvalue weighted by molar-refractivity contribution is 9.10. The molecule has 0 aliphatic heterocycles. The highest BCUT2D eigenvalue weighted by Gasteiger charge is 1.95. The van der Waals surface area contributed by atoms with Crippen LogP contribution in [0.15, 0.2) is 41.4 Å². The van der Waals surface area contributed by atoms with E-state index in [-0.39, 0.29) is 0 Å². The van der Waals surface area contributed by atoms with Crippen LogP contribution in [0.2, 0.25) is 0 Å². The van der Waals surface area contributed by atoms with Crippen molar-refractivity contribution in [3.05, 3.63) is 47.1 Å². The average Bonchev–Trinajstić information content (AvgIpc) is 2.30. The predicted octanol–water partition coefficient (Wildman–Crippen LogP) is 2.25. The molecule has 0 fully saturated rings. The Bertz CT molecular complexity index is 415. The summed E-state index contributed by atoms with van der Waals surface area (Å²) in [7, 11) is 0. The van der Waals surface area contributed by atoms with Crippen LogP contribution < -0.4 is 5.32 Å². The summed E-state index contributed by atoms with van der Waals surface area (Å²) in [6.07, 6.45) is 5.01. The van der Waals surface area contributed by atoms with Crippen LogP contribution in [0, 0.1) is 0 Å². The zero-order chi connectivity index (χ0) is 10.5. The third-order valence-corrected chi connectivity index (χ3v) is 2.29. The number of nitrogens with zero attached hydrogens (tertiary/aromatic N) is 3. The molecule has 0 saturated carbocycles. The van der Waals surface area contributed by atoms with Crippen LogP contribution >= 0.6 is 15.9 Å². The smallest absolute Gasteiger partial charge is 0.126 e. The number of nitrogens with one attached hydrogen (secondary N) is 1. The highest BCUT2D eigenvalue weighted by Crippen LogP contribution is 2.10. The minimum absolute atomic E-state index is 0.650. The molecule has 2 rings (SSSR count). The van der Waals surface area contributed by atoms with Crippen molar-refractivity contribution >= 4 is 21.7 Å². The van der Waals surface area contributed by atoms with E-state index in [0.717, 1.165) is 16.0 Å². The van der Waals surface area contributed by atoms with Gasteiger partial charge in [-0.2, -0.15) is 0 Å². The van der Waals surface area contributed by atoms with Crippen LogP contribution in [0.1, 0.15) is 5.69 Å². The lowest BCUT2D eigenvalue weighted by Crippen LogP contribution is -2.02. The van der Waals surface area contributed by atoms with Gasteiger partial charge in [0.05, 0.1) is 12.2 Å². The van der Waals surface area contributed by atoms with E-state index in [0.29, 0.717) is 6.54 Å². The van der Waals surface area contributed by atoms with Crippen molar-refractivity contribution in [2.45, 2.75) is 6.54 Å². The van der Waals surface area contributed by atoms with Gasteiger partial charge in [0, 0.05) is 16.9 Å². The SMILES string of the molecule is Brc1ccc(NCc2ccncn2)nc1. The van der Waals surface area contributed by atoms with E-state index in [1.165, 1.54) is 6.33 Å². The Kier molecular flexibility index (Phi) is 3.24. The van der Waals surface area contributed by atoms with Crippen LogP contribution in [-0.4, -0.2) is 15.0 Å². The average molecular weight is 265 g/mol. The fourth-order valence-corrected chi connectivity index (χ4v) is 1.32. The minimum Gasteiger partial charge on any atom is -0.364 e. The van der Waals surface area contributed by atoms with Gasteiger partial charge in [0.15, 0.2) is 0 Å². The van der Waals surface area contributed by atoms with E-state index in [2.05, 4.69) is 36.2 Å². The lowest BCUT2D eigenvalue weighted by Gasteiger charge is -2.03. The lowest BCUT2D eigenvalue weighted by atomic mass is 10.4. The summed E-state index contributed by atoms with van der Waals surface area (Å²) in [5, 5.41) is 3.17. The van der Waals surface area contributed by atoms with E-state index in [4.69, 9.17) is 0 Å². The number of aromatic nitrogens is 3. The van der Waals surface area contributed by atoms with Crippen LogP contribution in [0.4, 0.5) is 5.82 Å². The van der Waals surface area contributed by atoms with Crippen molar-refractivity contribution in [3.8, 4) is 0 Å². The van der Waals surface area contributed by atoms with Crippen molar-refractivity contribution in [1.82, 2.24) is 15.0 Å². The van der Waals surface area contributed by atoms with E-state index < -0.39 is 0 Å². The molecule has 2 aromatic heterocycles. The molecule has 4 nitrogen and oxygen atoms in total. The maximum absolute atomic E-state index is 4.19. The molecule has 0 atom stereocenters. The van der Waals surface area contributed by atoms with Crippen LogP contribution in [0.3, 0.4) is 0 Å². The van der Waals surface area contributed by atoms with Crippen molar-refractivity contribution < 1.29 is 0 Å². The van der Waals surface area contributed by atoms with Crippen LogP contribution in [0.25, 0.3) is 0 Å². The number of pyridine rings is 1. The maximum atomic E-state index is 4.19. The van der Waals surface area contributed by atoms with Gasteiger partial charge in [0.2, 0.25) is 0 Å². The van der Waals surface area contributed by atoms with Gasteiger partial charge in [0.25, 0.3) is 0 Å². The zero-order valence-electron chi connectivity index (χ0n) is 7.89. The Balaban J connectivity index is 1.96. The molecule has 2 heterocycles. The highest BCUT2D eigenvalue weighted by atomic mass is 79.9. The van der Waals surface area contributed by atoms with Crippen molar-refractivity contribution in [3.63, 3.8) is 0 Å². The number of halogens is 1. The second kappa shape index (κ2) is 4.84. The van der Waals surface area contributed by atoms with Gasteiger partial charge in [-0.15, -0.1) is 0 Å². The lowest BCUT2D eigenvalue weighted by molar-refractivity contribution is 0.996. The summed E-state index contributed by atoms with van der Waals surface area (Å²) in [4.78, 5) is 12.1. The quantitative estimate of drug-likeness (QED) is 0.924. The van der Waals surface area contributed by atoms with Gasteiger partial charge in [0.1, 0.15) is 12.1 Å². The molecule has 0 spiro atoms. The molecule has 0 amide bonds. The second-order valence-electron chi connectivity index (χ2n) is 2.92. The molecule has 1 N–H and O–H groups in total. The molecule has 0 radical (unpaired) electrons. The first-order valence-corrected chi connectivity index (χ1v) is 5.24. The van der Waals surface area contributed by atoms with E-state index >= 15 is 0 Å². The Morgan fingerprint density at radius 1 is 1.20 bits per heavy atom. The van der Waals surface area contributed by atoms with Gasteiger partial charge >= 0.3 is 0 Å². The predicted molar refractivity (Wildman–Crippen MR) is 61.3 cm³/mol. The Labute approximate surface area is 95.9 Å². The Hall–Kier alpha value is -1.49. The van der Waals surface area contributed by atoms with Crippen molar-refractivity contribution in [1.29, 1.82) is 0 Å². The Morgan fingerprint density at radius 2 is 2.13 bits per heavy atom. The molecule has 0 saturated heterocycles. The summed E-state index contributed by atoms with van der Waals surface area (Å²) >= 11 is 3.33. The molecule has 0 unspecified atom stereocenters. The van der Waals surface area contributed by atoms with E-state index in [9.17, 15) is 0 Å². The summed E-state index contributed by atoms with van der Waals surface area (Å²) in [6, 6.07) is 5.71. The maximum Gasteiger partial charge on any atom is 0.126 e. The van der Waals surface area contributed by atoms with Gasteiger partial charge in [-0.05, 0) is 34.1 Å². The first kappa shape index (κ1) is 10.0. The fraction of sp³-hybridized carbons (Fsp3) is 0.100. The largest absolute Gasteiger partial charge is 0.364 e. The Morgan fingerprint density at radius 3 is 2.80 bits per heavy atom. The molecular formula is C10H9BrN4. The third-order valence-electron chi connectivity index (χ3n) is 1.82. The fourth-order valence-electron chi connectivity index (χ4n) is 1.08. The number of hydrogen-bond acceptors (Lipinski definition) is 4. The first-order chi connectivity index (χ1) is 7.34. The van der Waals surface area contributed by atoms with Gasteiger partial charge in [-0.25, -0.2) is 15.0 Å². The minimum atomic E-state index is 0.650. The monoisotopic (exact) mass is 264 g/mol. The van der Waals surface area contributed by atoms with Gasteiger partial charge in [-0.3, -0.25) is 0 Å². The third kappa shape index (κ3) is 2.99. The number of anilines is 1. The van der Waals surface area contributed by atoms with Crippen molar-refractivity contribution in [2.24, 2.45) is 0 Å². The zero-order valence-corrected chi connectivity index (χ0v) is 9.48. The molecule has 5 heteroatoms. The van der Waals surface area contributed by atoms with Crippen LogP contribution in [-0.2, 0) is 6.54 Å². The molecule has 76 valence electrons. The molecule has 2 aromatic rings. The first-order valence-electron chi connectivity index (χ1n) is 4.45. The summed E-state index contributed by atoms with van der Waals surface area (Å²) in [6.45, 7) is 0.650. The van der Waals surface area contributed by atoms with E-state index in [1.807, 2.05) is 18.2 Å². The topological polar surface area (TPSA) is 50.7 Å². The standard InChI is InChI=1S/C10H9BrN4/c11-8-1-2-10(13-5-8)14-6-9-3-4-12-7-15-9/h1-5,7H,6H2,(H,13,14).